The third kappa shape index (κ3) is 2.38. The van der Waals surface area contributed by atoms with Crippen molar-refractivity contribution in [2.24, 2.45) is 7.05 Å². The van der Waals surface area contributed by atoms with E-state index in [4.69, 9.17) is 5.73 Å². The maximum absolute atomic E-state index is 9.96. The molecule has 1 atom stereocenters. The Morgan fingerprint density at radius 2 is 2.06 bits per heavy atom. The van der Waals surface area contributed by atoms with E-state index in [1.54, 1.807) is 30.1 Å². The summed E-state index contributed by atoms with van der Waals surface area (Å²) in [6.45, 7) is 0. The van der Waals surface area contributed by atoms with Crippen LogP contribution >= 0.6 is 0 Å². The van der Waals surface area contributed by atoms with Crippen LogP contribution in [0, 0.1) is 0 Å². The van der Waals surface area contributed by atoms with Gasteiger partial charge in [0.05, 0.1) is 11.8 Å². The monoisotopic (exact) mass is 218 g/mol. The minimum atomic E-state index is -0.572. The first-order valence-electron chi connectivity index (χ1n) is 5.04. The number of rotatable bonds is 3. The molecule has 5 heteroatoms. The van der Waals surface area contributed by atoms with E-state index in [9.17, 15) is 5.11 Å². The number of anilines is 1. The van der Waals surface area contributed by atoms with Gasteiger partial charge >= 0.3 is 0 Å². The van der Waals surface area contributed by atoms with Crippen molar-refractivity contribution >= 4 is 5.69 Å². The first kappa shape index (κ1) is 10.6. The van der Waals surface area contributed by atoms with Gasteiger partial charge in [0.25, 0.3) is 0 Å². The highest BCUT2D eigenvalue weighted by Gasteiger charge is 2.10. The lowest BCUT2D eigenvalue weighted by Crippen LogP contribution is -2.02. The lowest BCUT2D eigenvalue weighted by atomic mass is 10.1. The van der Waals surface area contributed by atoms with Crippen LogP contribution in [0.3, 0.4) is 0 Å². The zero-order valence-electron chi connectivity index (χ0n) is 9.04. The Balaban J connectivity index is 2.08. The molecule has 2 rings (SSSR count). The first-order valence-corrected chi connectivity index (χ1v) is 5.04. The van der Waals surface area contributed by atoms with Gasteiger partial charge in [0, 0.05) is 25.4 Å². The van der Waals surface area contributed by atoms with Crippen molar-refractivity contribution < 1.29 is 5.11 Å². The fourth-order valence-electron chi connectivity index (χ4n) is 1.52. The Kier molecular flexibility index (Phi) is 2.87. The van der Waals surface area contributed by atoms with E-state index in [0.717, 1.165) is 11.3 Å². The molecule has 1 unspecified atom stereocenters. The lowest BCUT2D eigenvalue weighted by Gasteiger charge is -2.08. The lowest BCUT2D eigenvalue weighted by molar-refractivity contribution is 0.177. The highest BCUT2D eigenvalue weighted by Crippen LogP contribution is 2.18. The molecule has 0 aliphatic carbocycles. The number of aliphatic hydroxyl groups is 1. The molecule has 0 fully saturated rings. The minimum Gasteiger partial charge on any atom is -0.399 e. The second kappa shape index (κ2) is 4.32. The van der Waals surface area contributed by atoms with Gasteiger partial charge < -0.3 is 10.8 Å². The van der Waals surface area contributed by atoms with E-state index in [0.29, 0.717) is 12.1 Å². The fourth-order valence-corrected chi connectivity index (χ4v) is 1.52. The Bertz CT molecular complexity index is 463. The largest absolute Gasteiger partial charge is 0.399 e. The second-order valence-electron chi connectivity index (χ2n) is 3.77. The van der Waals surface area contributed by atoms with Crippen LogP contribution in [0.25, 0.3) is 0 Å². The maximum atomic E-state index is 9.96. The van der Waals surface area contributed by atoms with Gasteiger partial charge in [-0.15, -0.1) is 5.10 Å². The van der Waals surface area contributed by atoms with Gasteiger partial charge in [0.1, 0.15) is 0 Å². The van der Waals surface area contributed by atoms with Crippen molar-refractivity contribution in [1.82, 2.24) is 15.0 Å². The summed E-state index contributed by atoms with van der Waals surface area (Å²) in [5, 5.41) is 17.7. The van der Waals surface area contributed by atoms with Crippen LogP contribution < -0.4 is 5.73 Å². The smallest absolute Gasteiger partial charge is 0.0856 e. The highest BCUT2D eigenvalue weighted by atomic mass is 16.3. The molecule has 0 radical (unpaired) electrons. The Labute approximate surface area is 93.5 Å². The molecule has 0 bridgehead atoms. The molecular formula is C11H14N4O. The van der Waals surface area contributed by atoms with Crippen LogP contribution in [0.2, 0.25) is 0 Å². The number of nitrogen functional groups attached to an aromatic ring is 1. The molecule has 16 heavy (non-hydrogen) atoms. The summed E-state index contributed by atoms with van der Waals surface area (Å²) in [4.78, 5) is 0. The topological polar surface area (TPSA) is 77.0 Å². The number of aromatic nitrogens is 3. The number of nitrogens with two attached hydrogens (primary N) is 1. The van der Waals surface area contributed by atoms with E-state index in [-0.39, 0.29) is 0 Å². The zero-order valence-corrected chi connectivity index (χ0v) is 9.04. The van der Waals surface area contributed by atoms with Gasteiger partial charge in [-0.3, -0.25) is 4.68 Å². The van der Waals surface area contributed by atoms with Crippen LogP contribution in [0.1, 0.15) is 17.4 Å². The third-order valence-electron chi connectivity index (χ3n) is 2.37. The number of aryl methyl sites for hydroxylation is 1. The highest BCUT2D eigenvalue weighted by molar-refractivity contribution is 5.39. The van der Waals surface area contributed by atoms with E-state index in [2.05, 4.69) is 10.3 Å². The predicted molar refractivity (Wildman–Crippen MR) is 60.5 cm³/mol. The van der Waals surface area contributed by atoms with Gasteiger partial charge in [-0.2, -0.15) is 0 Å². The Hall–Kier alpha value is -1.88. The molecule has 0 amide bonds. The van der Waals surface area contributed by atoms with Gasteiger partial charge in [-0.25, -0.2) is 0 Å². The Morgan fingerprint density at radius 1 is 1.38 bits per heavy atom. The first-order chi connectivity index (χ1) is 7.65. The van der Waals surface area contributed by atoms with Gasteiger partial charge in [0.15, 0.2) is 0 Å². The summed E-state index contributed by atoms with van der Waals surface area (Å²) in [5.41, 5.74) is 7.87. The standard InChI is InChI=1S/C11H14N4O/c1-15-7-10(13-14-15)6-11(16)8-2-4-9(12)5-3-8/h2-5,7,11,16H,6,12H2,1H3. The maximum Gasteiger partial charge on any atom is 0.0856 e. The third-order valence-corrected chi connectivity index (χ3v) is 2.37. The molecule has 1 aromatic carbocycles. The molecule has 84 valence electrons. The molecule has 3 N–H and O–H groups in total. The summed E-state index contributed by atoms with van der Waals surface area (Å²) in [5.74, 6) is 0. The van der Waals surface area contributed by atoms with Gasteiger partial charge in [-0.1, -0.05) is 17.3 Å². The number of aliphatic hydroxyl groups excluding tert-OH is 1. The van der Waals surface area contributed by atoms with E-state index < -0.39 is 6.10 Å². The molecule has 0 aliphatic rings. The molecule has 0 saturated carbocycles. The normalized spacial score (nSPS) is 12.6. The SMILES string of the molecule is Cn1cc(CC(O)c2ccc(N)cc2)nn1. The summed E-state index contributed by atoms with van der Waals surface area (Å²) in [7, 11) is 1.80. The quantitative estimate of drug-likeness (QED) is 0.742. The summed E-state index contributed by atoms with van der Waals surface area (Å²) in [6.07, 6.45) is 1.68. The molecule has 0 saturated heterocycles. The summed E-state index contributed by atoms with van der Waals surface area (Å²) >= 11 is 0. The second-order valence-corrected chi connectivity index (χ2v) is 3.77. The fraction of sp³-hybridized carbons (Fsp3) is 0.273. The van der Waals surface area contributed by atoms with Crippen LogP contribution in [-0.2, 0) is 13.5 Å². The molecular weight excluding hydrogens is 204 g/mol. The molecule has 0 spiro atoms. The minimum absolute atomic E-state index is 0.456. The summed E-state index contributed by atoms with van der Waals surface area (Å²) in [6, 6.07) is 7.18. The molecule has 2 aromatic rings. The molecule has 1 aromatic heterocycles. The Morgan fingerprint density at radius 3 is 2.62 bits per heavy atom. The van der Waals surface area contributed by atoms with Crippen molar-refractivity contribution in [3.63, 3.8) is 0 Å². The van der Waals surface area contributed by atoms with E-state index in [1.165, 1.54) is 0 Å². The summed E-state index contributed by atoms with van der Waals surface area (Å²) < 4.78 is 1.62. The van der Waals surface area contributed by atoms with Crippen LogP contribution in [0.5, 0.6) is 0 Å². The van der Waals surface area contributed by atoms with E-state index >= 15 is 0 Å². The number of hydrogen-bond acceptors (Lipinski definition) is 4. The number of hydrogen-bond donors (Lipinski definition) is 2. The van der Waals surface area contributed by atoms with Crippen LogP contribution in [0.4, 0.5) is 5.69 Å². The van der Waals surface area contributed by atoms with Crippen molar-refractivity contribution in [3.8, 4) is 0 Å². The van der Waals surface area contributed by atoms with Crippen molar-refractivity contribution in [3.05, 3.63) is 41.7 Å². The van der Waals surface area contributed by atoms with Crippen LogP contribution in [-0.4, -0.2) is 20.1 Å². The number of benzene rings is 1. The predicted octanol–water partition coefficient (Wildman–Crippen LogP) is 0.673. The molecule has 5 nitrogen and oxygen atoms in total. The van der Waals surface area contributed by atoms with Crippen molar-refractivity contribution in [1.29, 1.82) is 0 Å². The number of nitrogens with zero attached hydrogens (tertiary/aromatic N) is 3. The van der Waals surface area contributed by atoms with Gasteiger partial charge in [0.2, 0.25) is 0 Å². The van der Waals surface area contributed by atoms with E-state index in [1.807, 2.05) is 12.1 Å². The van der Waals surface area contributed by atoms with Crippen LogP contribution in [0.15, 0.2) is 30.5 Å². The average Bonchev–Trinajstić information content (AvgIpc) is 2.65. The molecule has 1 heterocycles. The van der Waals surface area contributed by atoms with Crippen molar-refractivity contribution in [2.75, 3.05) is 5.73 Å². The van der Waals surface area contributed by atoms with Crippen molar-refractivity contribution in [2.45, 2.75) is 12.5 Å². The average molecular weight is 218 g/mol. The zero-order chi connectivity index (χ0) is 11.5. The molecule has 0 aliphatic heterocycles. The van der Waals surface area contributed by atoms with Gasteiger partial charge in [-0.05, 0) is 17.7 Å².